The van der Waals surface area contributed by atoms with E-state index < -0.39 is 0 Å². The zero-order valence-electron chi connectivity index (χ0n) is 10.6. The van der Waals surface area contributed by atoms with Crippen molar-refractivity contribution in [2.75, 3.05) is 0 Å². The van der Waals surface area contributed by atoms with Crippen LogP contribution in [0.25, 0.3) is 0 Å². The van der Waals surface area contributed by atoms with Crippen LogP contribution in [0.5, 0.6) is 0 Å². The monoisotopic (exact) mass is 303 g/mol. The summed E-state index contributed by atoms with van der Waals surface area (Å²) in [6, 6.07) is 14.9. The summed E-state index contributed by atoms with van der Waals surface area (Å²) < 4.78 is 0. The Balaban J connectivity index is 1.81. The van der Waals surface area contributed by atoms with E-state index in [9.17, 15) is 0 Å². The highest BCUT2D eigenvalue weighted by Gasteiger charge is 2.06. The molecule has 2 aromatic rings. The third-order valence-electron chi connectivity index (χ3n) is 3.02. The molecule has 0 aliphatic rings. The number of rotatable bonds is 5. The standard InChI is InChI=1S/C16H18BrN/c1-13-5-7-14(8-6-13)9-10-15(17)12-16-4-2-3-11-18-16/h2-8,11,15H,9-10,12H2,1H3. The number of aromatic nitrogens is 1. The molecule has 0 radical (unpaired) electrons. The molecular weight excluding hydrogens is 286 g/mol. The predicted molar refractivity (Wildman–Crippen MR) is 80.2 cm³/mol. The normalized spacial score (nSPS) is 12.3. The largest absolute Gasteiger partial charge is 0.261 e. The molecule has 0 aliphatic heterocycles. The fourth-order valence-electron chi connectivity index (χ4n) is 1.93. The Morgan fingerprint density at radius 1 is 1.11 bits per heavy atom. The first-order valence-electron chi connectivity index (χ1n) is 6.33. The number of alkyl halides is 1. The summed E-state index contributed by atoms with van der Waals surface area (Å²) in [5, 5.41) is 0. The summed E-state index contributed by atoms with van der Waals surface area (Å²) in [6.07, 6.45) is 5.10. The van der Waals surface area contributed by atoms with Gasteiger partial charge in [0.1, 0.15) is 0 Å². The first-order chi connectivity index (χ1) is 8.74. The maximum atomic E-state index is 4.36. The van der Waals surface area contributed by atoms with Gasteiger partial charge in [-0.25, -0.2) is 0 Å². The van der Waals surface area contributed by atoms with Crippen LogP contribution in [0, 0.1) is 6.92 Å². The van der Waals surface area contributed by atoms with Gasteiger partial charge in [-0.3, -0.25) is 4.98 Å². The molecule has 0 bridgehead atoms. The molecule has 1 unspecified atom stereocenters. The van der Waals surface area contributed by atoms with E-state index in [-0.39, 0.29) is 0 Å². The van der Waals surface area contributed by atoms with Crippen LogP contribution >= 0.6 is 15.9 Å². The third-order valence-corrected chi connectivity index (χ3v) is 3.81. The van der Waals surface area contributed by atoms with Crippen LogP contribution in [0.1, 0.15) is 23.2 Å². The van der Waals surface area contributed by atoms with Gasteiger partial charge in [-0.1, -0.05) is 51.8 Å². The predicted octanol–water partition coefficient (Wildman–Crippen LogP) is 4.33. The Morgan fingerprint density at radius 2 is 1.89 bits per heavy atom. The van der Waals surface area contributed by atoms with Gasteiger partial charge in [0.15, 0.2) is 0 Å². The fourth-order valence-corrected chi connectivity index (χ4v) is 2.49. The molecule has 94 valence electrons. The number of nitrogens with zero attached hydrogens (tertiary/aromatic N) is 1. The fraction of sp³-hybridized carbons (Fsp3) is 0.312. The first-order valence-corrected chi connectivity index (χ1v) is 7.25. The van der Waals surface area contributed by atoms with Crippen LogP contribution in [0.15, 0.2) is 48.7 Å². The summed E-state index contributed by atoms with van der Waals surface area (Å²) in [5.74, 6) is 0. The molecule has 0 N–H and O–H groups in total. The quantitative estimate of drug-likeness (QED) is 0.749. The molecule has 1 aromatic carbocycles. The van der Waals surface area contributed by atoms with Crippen LogP contribution in [-0.4, -0.2) is 9.81 Å². The van der Waals surface area contributed by atoms with Gasteiger partial charge in [-0.05, 0) is 37.5 Å². The van der Waals surface area contributed by atoms with Gasteiger partial charge in [0.05, 0.1) is 0 Å². The van der Waals surface area contributed by atoms with Gasteiger partial charge in [-0.2, -0.15) is 0 Å². The van der Waals surface area contributed by atoms with Crippen molar-refractivity contribution >= 4 is 15.9 Å². The van der Waals surface area contributed by atoms with Crippen LogP contribution in [-0.2, 0) is 12.8 Å². The van der Waals surface area contributed by atoms with Crippen LogP contribution in [0.2, 0.25) is 0 Å². The summed E-state index contributed by atoms with van der Waals surface area (Å²) in [4.78, 5) is 4.85. The average Bonchev–Trinajstić information content (AvgIpc) is 2.39. The highest BCUT2D eigenvalue weighted by atomic mass is 79.9. The number of hydrogen-bond donors (Lipinski definition) is 0. The lowest BCUT2D eigenvalue weighted by atomic mass is 10.0. The zero-order chi connectivity index (χ0) is 12.8. The van der Waals surface area contributed by atoms with Crippen molar-refractivity contribution in [2.24, 2.45) is 0 Å². The number of hydrogen-bond acceptors (Lipinski definition) is 1. The molecule has 1 nitrogen and oxygen atoms in total. The third kappa shape index (κ3) is 4.26. The van der Waals surface area contributed by atoms with Gasteiger partial charge in [0.2, 0.25) is 0 Å². The molecule has 0 aliphatic carbocycles. The molecule has 18 heavy (non-hydrogen) atoms. The topological polar surface area (TPSA) is 12.9 Å². The maximum Gasteiger partial charge on any atom is 0.0414 e. The van der Waals surface area contributed by atoms with E-state index in [1.54, 1.807) is 0 Å². The molecule has 0 spiro atoms. The lowest BCUT2D eigenvalue weighted by Crippen LogP contribution is -2.05. The van der Waals surface area contributed by atoms with Crippen molar-refractivity contribution in [2.45, 2.75) is 31.0 Å². The molecule has 1 atom stereocenters. The Morgan fingerprint density at radius 3 is 2.56 bits per heavy atom. The van der Waals surface area contributed by atoms with Crippen molar-refractivity contribution in [3.63, 3.8) is 0 Å². The van der Waals surface area contributed by atoms with E-state index in [2.05, 4.69) is 58.2 Å². The van der Waals surface area contributed by atoms with Crippen LogP contribution in [0.4, 0.5) is 0 Å². The molecule has 1 aromatic heterocycles. The minimum absolute atomic E-state index is 0.494. The Bertz CT molecular complexity index is 464. The average molecular weight is 304 g/mol. The van der Waals surface area contributed by atoms with Gasteiger partial charge in [0, 0.05) is 23.1 Å². The molecule has 0 fully saturated rings. The first kappa shape index (κ1) is 13.3. The minimum Gasteiger partial charge on any atom is -0.261 e. The second-order valence-corrected chi connectivity index (χ2v) is 5.94. The molecule has 1 heterocycles. The number of benzene rings is 1. The Labute approximate surface area is 117 Å². The highest BCUT2D eigenvalue weighted by Crippen LogP contribution is 2.15. The molecule has 0 saturated carbocycles. The van der Waals surface area contributed by atoms with Crippen LogP contribution in [0.3, 0.4) is 0 Å². The highest BCUT2D eigenvalue weighted by molar-refractivity contribution is 9.09. The smallest absolute Gasteiger partial charge is 0.0414 e. The van der Waals surface area contributed by atoms with Gasteiger partial charge < -0.3 is 0 Å². The van der Waals surface area contributed by atoms with E-state index in [1.165, 1.54) is 11.1 Å². The number of pyridine rings is 1. The number of halogens is 1. The van der Waals surface area contributed by atoms with Gasteiger partial charge >= 0.3 is 0 Å². The second-order valence-electron chi connectivity index (χ2n) is 4.65. The number of aryl methyl sites for hydroxylation is 2. The molecule has 0 saturated heterocycles. The summed E-state index contributed by atoms with van der Waals surface area (Å²) >= 11 is 3.75. The SMILES string of the molecule is Cc1ccc(CCC(Br)Cc2ccccn2)cc1. The van der Waals surface area contributed by atoms with E-state index in [1.807, 2.05) is 18.3 Å². The molecule has 2 heteroatoms. The van der Waals surface area contributed by atoms with Crippen molar-refractivity contribution < 1.29 is 0 Å². The lowest BCUT2D eigenvalue weighted by Gasteiger charge is -2.09. The van der Waals surface area contributed by atoms with Gasteiger partial charge in [0.25, 0.3) is 0 Å². The van der Waals surface area contributed by atoms with E-state index in [0.717, 1.165) is 25.0 Å². The minimum atomic E-state index is 0.494. The van der Waals surface area contributed by atoms with Gasteiger partial charge in [-0.15, -0.1) is 0 Å². The molecule has 2 rings (SSSR count). The maximum absolute atomic E-state index is 4.36. The summed E-state index contributed by atoms with van der Waals surface area (Å²) in [5.41, 5.74) is 3.89. The summed E-state index contributed by atoms with van der Waals surface area (Å²) in [6.45, 7) is 2.12. The molecule has 0 amide bonds. The lowest BCUT2D eigenvalue weighted by molar-refractivity contribution is 0.751. The van der Waals surface area contributed by atoms with E-state index >= 15 is 0 Å². The van der Waals surface area contributed by atoms with Crippen molar-refractivity contribution in [3.8, 4) is 0 Å². The summed E-state index contributed by atoms with van der Waals surface area (Å²) in [7, 11) is 0. The Hall–Kier alpha value is -1.15. The molecular formula is C16H18BrN. The van der Waals surface area contributed by atoms with Crippen LogP contribution < -0.4 is 0 Å². The van der Waals surface area contributed by atoms with Crippen molar-refractivity contribution in [1.82, 2.24) is 4.98 Å². The van der Waals surface area contributed by atoms with E-state index in [4.69, 9.17) is 0 Å². The zero-order valence-corrected chi connectivity index (χ0v) is 12.2. The second kappa shape index (κ2) is 6.69. The van der Waals surface area contributed by atoms with Crippen molar-refractivity contribution in [1.29, 1.82) is 0 Å². The van der Waals surface area contributed by atoms with Crippen molar-refractivity contribution in [3.05, 3.63) is 65.5 Å². The Kier molecular flexibility index (Phi) is 4.94. The van der Waals surface area contributed by atoms with E-state index in [0.29, 0.717) is 4.83 Å².